The molecule has 1 saturated heterocycles. The molecule has 1 fully saturated rings. The molecule has 0 atom stereocenters. The summed E-state index contributed by atoms with van der Waals surface area (Å²) in [6, 6.07) is 10.8. The topological polar surface area (TPSA) is 87.2 Å². The molecule has 1 heterocycles. The summed E-state index contributed by atoms with van der Waals surface area (Å²) in [6.07, 6.45) is 0. The maximum atomic E-state index is 13.1. The molecule has 0 unspecified atom stereocenters. The van der Waals surface area contributed by atoms with E-state index in [9.17, 15) is 22.7 Å². The highest BCUT2D eigenvalue weighted by Gasteiger charge is 2.31. The fraction of sp³-hybridized carbons (Fsp3) is 0.409. The quantitative estimate of drug-likeness (QED) is 0.698. The van der Waals surface area contributed by atoms with Gasteiger partial charge in [-0.15, -0.1) is 0 Å². The first-order chi connectivity index (χ1) is 14.5. The third kappa shape index (κ3) is 5.41. The Morgan fingerprint density at radius 3 is 2.26 bits per heavy atom. The number of halogens is 1. The smallest absolute Gasteiger partial charge is 0.347 e. The van der Waals surface area contributed by atoms with Crippen molar-refractivity contribution in [2.24, 2.45) is 0 Å². The Morgan fingerprint density at radius 2 is 1.71 bits per heavy atom. The highest BCUT2D eigenvalue weighted by atomic mass is 32.2. The van der Waals surface area contributed by atoms with E-state index in [1.807, 2.05) is 0 Å². The number of ether oxygens (including phenoxy) is 1. The molecular weight excluding hydrogens is 423 g/mol. The number of carboxylic acid groups (broad SMARTS) is 1. The SMILES string of the molecule is Cc1cc(S(=O)(=O)N2CCN(Cc3ccc(F)cc3)CC2)ccc1OC(C)(C)C(=O)O. The Labute approximate surface area is 182 Å². The molecule has 2 aromatic rings. The number of piperazine rings is 1. The molecule has 9 heteroatoms. The van der Waals surface area contributed by atoms with Gasteiger partial charge in [0.1, 0.15) is 11.6 Å². The number of benzene rings is 2. The van der Waals surface area contributed by atoms with Gasteiger partial charge in [-0.1, -0.05) is 12.1 Å². The van der Waals surface area contributed by atoms with Crippen molar-refractivity contribution in [1.82, 2.24) is 9.21 Å². The Bertz CT molecular complexity index is 1050. The molecule has 1 N–H and O–H groups in total. The molecule has 31 heavy (non-hydrogen) atoms. The summed E-state index contributed by atoms with van der Waals surface area (Å²) >= 11 is 0. The van der Waals surface area contributed by atoms with Crippen LogP contribution in [0.4, 0.5) is 4.39 Å². The first-order valence-electron chi connectivity index (χ1n) is 9.99. The van der Waals surface area contributed by atoms with E-state index < -0.39 is 21.6 Å². The molecule has 0 bridgehead atoms. The van der Waals surface area contributed by atoms with Crippen LogP contribution < -0.4 is 4.74 Å². The van der Waals surface area contributed by atoms with Gasteiger partial charge < -0.3 is 9.84 Å². The number of hydrogen-bond donors (Lipinski definition) is 1. The average molecular weight is 451 g/mol. The number of aliphatic carboxylic acids is 1. The van der Waals surface area contributed by atoms with Crippen LogP contribution in [-0.2, 0) is 21.4 Å². The number of nitrogens with zero attached hydrogens (tertiary/aromatic N) is 2. The van der Waals surface area contributed by atoms with Crippen molar-refractivity contribution < 1.29 is 27.4 Å². The Kier molecular flexibility index (Phi) is 6.68. The summed E-state index contributed by atoms with van der Waals surface area (Å²) in [5.74, 6) is -1.06. The van der Waals surface area contributed by atoms with E-state index in [-0.39, 0.29) is 10.7 Å². The fourth-order valence-electron chi connectivity index (χ4n) is 3.34. The molecule has 0 radical (unpaired) electrons. The van der Waals surface area contributed by atoms with E-state index in [0.29, 0.717) is 44.0 Å². The van der Waals surface area contributed by atoms with Crippen molar-refractivity contribution in [2.75, 3.05) is 26.2 Å². The van der Waals surface area contributed by atoms with Crippen LogP contribution in [0.25, 0.3) is 0 Å². The van der Waals surface area contributed by atoms with Crippen molar-refractivity contribution in [3.05, 3.63) is 59.4 Å². The van der Waals surface area contributed by atoms with E-state index in [2.05, 4.69) is 4.90 Å². The van der Waals surface area contributed by atoms with E-state index in [1.165, 1.54) is 48.5 Å². The second kappa shape index (κ2) is 8.94. The predicted octanol–water partition coefficient (Wildman–Crippen LogP) is 2.88. The third-order valence-electron chi connectivity index (χ3n) is 5.32. The lowest BCUT2D eigenvalue weighted by Crippen LogP contribution is -2.48. The van der Waals surface area contributed by atoms with Gasteiger partial charge >= 0.3 is 5.97 Å². The van der Waals surface area contributed by atoms with Crippen molar-refractivity contribution in [3.63, 3.8) is 0 Å². The highest BCUT2D eigenvalue weighted by Crippen LogP contribution is 2.27. The van der Waals surface area contributed by atoms with Crippen LogP contribution in [0.3, 0.4) is 0 Å². The highest BCUT2D eigenvalue weighted by molar-refractivity contribution is 7.89. The summed E-state index contributed by atoms with van der Waals surface area (Å²) in [5.41, 5.74) is 0.102. The number of sulfonamides is 1. The lowest BCUT2D eigenvalue weighted by atomic mass is 10.1. The summed E-state index contributed by atoms with van der Waals surface area (Å²) in [4.78, 5) is 13.6. The van der Waals surface area contributed by atoms with Crippen LogP contribution >= 0.6 is 0 Å². The fourth-order valence-corrected chi connectivity index (χ4v) is 4.85. The van der Waals surface area contributed by atoms with Crippen LogP contribution in [0.2, 0.25) is 0 Å². The first kappa shape index (κ1) is 23.2. The second-order valence-electron chi connectivity index (χ2n) is 8.15. The lowest BCUT2D eigenvalue weighted by molar-refractivity contribution is -0.152. The van der Waals surface area contributed by atoms with Crippen molar-refractivity contribution >= 4 is 16.0 Å². The molecular formula is C22H27FN2O5S. The van der Waals surface area contributed by atoms with Gasteiger partial charge in [0, 0.05) is 32.7 Å². The van der Waals surface area contributed by atoms with Gasteiger partial charge in [0.05, 0.1) is 4.90 Å². The molecule has 168 valence electrons. The van der Waals surface area contributed by atoms with Crippen LogP contribution in [0, 0.1) is 12.7 Å². The molecule has 0 spiro atoms. The van der Waals surface area contributed by atoms with Gasteiger partial charge in [0.2, 0.25) is 10.0 Å². The van der Waals surface area contributed by atoms with Gasteiger partial charge in [-0.05, 0) is 62.2 Å². The maximum absolute atomic E-state index is 13.1. The van der Waals surface area contributed by atoms with E-state index in [4.69, 9.17) is 4.74 Å². The molecule has 1 aliphatic rings. The summed E-state index contributed by atoms with van der Waals surface area (Å²) in [7, 11) is -3.68. The molecule has 2 aromatic carbocycles. The molecule has 7 nitrogen and oxygen atoms in total. The molecule has 0 amide bonds. The van der Waals surface area contributed by atoms with Gasteiger partial charge in [-0.2, -0.15) is 4.31 Å². The molecule has 0 saturated carbocycles. The molecule has 1 aliphatic heterocycles. The first-order valence-corrected chi connectivity index (χ1v) is 11.4. The van der Waals surface area contributed by atoms with Gasteiger partial charge in [0.25, 0.3) is 0 Å². The summed E-state index contributed by atoms with van der Waals surface area (Å²) < 4.78 is 46.2. The Hall–Kier alpha value is -2.49. The largest absolute Gasteiger partial charge is 0.478 e. The van der Waals surface area contributed by atoms with Crippen molar-refractivity contribution in [1.29, 1.82) is 0 Å². The maximum Gasteiger partial charge on any atom is 0.347 e. The van der Waals surface area contributed by atoms with Crippen molar-refractivity contribution in [3.8, 4) is 5.75 Å². The second-order valence-corrected chi connectivity index (χ2v) is 10.1. The number of carboxylic acids is 1. The zero-order chi connectivity index (χ0) is 22.8. The average Bonchev–Trinajstić information content (AvgIpc) is 2.71. The monoisotopic (exact) mass is 450 g/mol. The van der Waals surface area contributed by atoms with E-state index in [0.717, 1.165) is 5.56 Å². The van der Waals surface area contributed by atoms with Crippen LogP contribution in [0.15, 0.2) is 47.4 Å². The Morgan fingerprint density at radius 1 is 1.10 bits per heavy atom. The van der Waals surface area contributed by atoms with Gasteiger partial charge in [-0.3, -0.25) is 4.90 Å². The van der Waals surface area contributed by atoms with Crippen molar-refractivity contribution in [2.45, 2.75) is 37.8 Å². The van der Waals surface area contributed by atoms with Gasteiger partial charge in [0.15, 0.2) is 5.60 Å². The summed E-state index contributed by atoms with van der Waals surface area (Å²) in [6.45, 7) is 7.05. The molecule has 0 aliphatic carbocycles. The number of carbonyl (C=O) groups is 1. The molecule has 0 aromatic heterocycles. The minimum atomic E-state index is -3.68. The van der Waals surface area contributed by atoms with Crippen LogP contribution in [0.5, 0.6) is 5.75 Å². The third-order valence-corrected chi connectivity index (χ3v) is 7.21. The predicted molar refractivity (Wildman–Crippen MR) is 114 cm³/mol. The number of hydrogen-bond acceptors (Lipinski definition) is 5. The standard InChI is InChI=1S/C22H27FN2O5S/c1-16-14-19(8-9-20(16)30-22(2,3)21(26)27)31(28,29)25-12-10-24(11-13-25)15-17-4-6-18(23)7-5-17/h4-9,14H,10-13,15H2,1-3H3,(H,26,27). The normalized spacial score (nSPS) is 16.3. The minimum Gasteiger partial charge on any atom is -0.478 e. The Balaban J connectivity index is 1.66. The number of aryl methyl sites for hydroxylation is 1. The molecule has 3 rings (SSSR count). The zero-order valence-electron chi connectivity index (χ0n) is 17.8. The number of rotatable bonds is 7. The van der Waals surface area contributed by atoms with Crippen LogP contribution in [-0.4, -0.2) is 60.5 Å². The van der Waals surface area contributed by atoms with Crippen LogP contribution in [0.1, 0.15) is 25.0 Å². The summed E-state index contributed by atoms with van der Waals surface area (Å²) in [5, 5.41) is 9.23. The van der Waals surface area contributed by atoms with E-state index >= 15 is 0 Å². The minimum absolute atomic E-state index is 0.150. The van der Waals surface area contributed by atoms with Gasteiger partial charge in [-0.25, -0.2) is 17.6 Å². The van der Waals surface area contributed by atoms with E-state index in [1.54, 1.807) is 19.1 Å². The zero-order valence-corrected chi connectivity index (χ0v) is 18.7. The lowest BCUT2D eigenvalue weighted by Gasteiger charge is -2.34.